The first-order valence-electron chi connectivity index (χ1n) is 5.91. The Hall–Kier alpha value is -1.03. The van der Waals surface area contributed by atoms with Gasteiger partial charge in [0.2, 0.25) is 5.28 Å². The van der Waals surface area contributed by atoms with Crippen LogP contribution in [-0.4, -0.2) is 23.1 Å². The third kappa shape index (κ3) is 2.63. The molecular formula is C12H19ClN4. The molecule has 2 N–H and O–H groups in total. The van der Waals surface area contributed by atoms with Gasteiger partial charge in [-0.05, 0) is 29.4 Å². The Labute approximate surface area is 107 Å². The maximum atomic E-state index is 5.90. The van der Waals surface area contributed by atoms with Crippen molar-refractivity contribution in [2.75, 3.05) is 23.7 Å². The molecule has 5 heteroatoms. The highest BCUT2D eigenvalue weighted by Crippen LogP contribution is 2.36. The monoisotopic (exact) mass is 254 g/mol. The molecule has 1 aliphatic heterocycles. The zero-order valence-corrected chi connectivity index (χ0v) is 11.3. The summed E-state index contributed by atoms with van der Waals surface area (Å²) in [6.07, 6.45) is 2.75. The number of hydrogen-bond acceptors (Lipinski definition) is 4. The van der Waals surface area contributed by atoms with E-state index < -0.39 is 0 Å². The molecule has 1 saturated heterocycles. The Kier molecular flexibility index (Phi) is 3.17. The van der Waals surface area contributed by atoms with Gasteiger partial charge in [0.05, 0.1) is 11.9 Å². The highest BCUT2D eigenvalue weighted by molar-refractivity contribution is 6.28. The van der Waals surface area contributed by atoms with Gasteiger partial charge in [0, 0.05) is 13.1 Å². The van der Waals surface area contributed by atoms with Crippen LogP contribution in [0.5, 0.6) is 0 Å². The van der Waals surface area contributed by atoms with E-state index in [2.05, 4.69) is 35.6 Å². The second-order valence-electron chi connectivity index (χ2n) is 5.72. The normalized spacial score (nSPS) is 20.9. The van der Waals surface area contributed by atoms with Gasteiger partial charge in [-0.15, -0.1) is 0 Å². The average Bonchev–Trinajstić information content (AvgIpc) is 2.70. The molecule has 1 aliphatic rings. The number of aromatic nitrogens is 2. The van der Waals surface area contributed by atoms with Gasteiger partial charge in [0.15, 0.2) is 5.82 Å². The van der Waals surface area contributed by atoms with Crippen LogP contribution >= 0.6 is 11.6 Å². The van der Waals surface area contributed by atoms with Crippen LogP contribution in [0.1, 0.15) is 27.2 Å². The number of rotatable bonds is 1. The molecule has 1 unspecified atom stereocenters. The first-order valence-corrected chi connectivity index (χ1v) is 6.28. The molecule has 1 fully saturated rings. The maximum Gasteiger partial charge on any atom is 0.224 e. The minimum atomic E-state index is 0.258. The van der Waals surface area contributed by atoms with Gasteiger partial charge in [-0.3, -0.25) is 0 Å². The van der Waals surface area contributed by atoms with Crippen LogP contribution in [0, 0.1) is 11.3 Å². The smallest absolute Gasteiger partial charge is 0.224 e. The lowest BCUT2D eigenvalue weighted by atomic mass is 9.80. The molecule has 94 valence electrons. The number of nitrogen functional groups attached to an aromatic ring is 1. The van der Waals surface area contributed by atoms with Gasteiger partial charge in [0.25, 0.3) is 0 Å². The molecular weight excluding hydrogens is 236 g/mol. The summed E-state index contributed by atoms with van der Waals surface area (Å²) in [6.45, 7) is 8.80. The van der Waals surface area contributed by atoms with Crippen molar-refractivity contribution in [1.82, 2.24) is 9.97 Å². The SMILES string of the molecule is CC(C)(C)C1CCN(c2nc(Cl)ncc2N)C1. The van der Waals surface area contributed by atoms with Crippen molar-refractivity contribution in [2.45, 2.75) is 27.2 Å². The molecule has 4 nitrogen and oxygen atoms in total. The molecule has 2 heterocycles. The van der Waals surface area contributed by atoms with Crippen molar-refractivity contribution in [3.05, 3.63) is 11.5 Å². The van der Waals surface area contributed by atoms with Crippen molar-refractivity contribution in [2.24, 2.45) is 11.3 Å². The number of hydrogen-bond donors (Lipinski definition) is 1. The Morgan fingerprint density at radius 2 is 2.18 bits per heavy atom. The fourth-order valence-corrected chi connectivity index (χ4v) is 2.40. The summed E-state index contributed by atoms with van der Waals surface area (Å²) < 4.78 is 0. The number of halogens is 1. The Morgan fingerprint density at radius 3 is 2.76 bits per heavy atom. The van der Waals surface area contributed by atoms with Crippen LogP contribution in [0.25, 0.3) is 0 Å². The lowest BCUT2D eigenvalue weighted by Gasteiger charge is -2.27. The Morgan fingerprint density at radius 1 is 1.47 bits per heavy atom. The first kappa shape index (κ1) is 12.4. The average molecular weight is 255 g/mol. The summed E-state index contributed by atoms with van der Waals surface area (Å²) in [5, 5.41) is 0.258. The van der Waals surface area contributed by atoms with Gasteiger partial charge in [0.1, 0.15) is 0 Å². The first-order chi connectivity index (χ1) is 7.88. The van der Waals surface area contributed by atoms with Crippen LogP contribution in [0.15, 0.2) is 6.20 Å². The van der Waals surface area contributed by atoms with Crippen LogP contribution < -0.4 is 10.6 Å². The molecule has 0 radical (unpaired) electrons. The Balaban J connectivity index is 2.18. The van der Waals surface area contributed by atoms with Crippen molar-refractivity contribution in [3.63, 3.8) is 0 Å². The van der Waals surface area contributed by atoms with Crippen LogP contribution in [0.3, 0.4) is 0 Å². The molecule has 0 saturated carbocycles. The number of anilines is 2. The summed E-state index contributed by atoms with van der Waals surface area (Å²) in [6, 6.07) is 0. The third-order valence-electron chi connectivity index (χ3n) is 3.48. The molecule has 0 spiro atoms. The van der Waals surface area contributed by atoms with Gasteiger partial charge in [-0.25, -0.2) is 4.98 Å². The quantitative estimate of drug-likeness (QED) is 0.783. The standard InChI is InChI=1S/C12H19ClN4/c1-12(2,3)8-4-5-17(7-8)10-9(14)6-15-11(13)16-10/h6,8H,4-5,7,14H2,1-3H3. The van der Waals surface area contributed by atoms with E-state index in [-0.39, 0.29) is 5.28 Å². The molecule has 1 atom stereocenters. The van der Waals surface area contributed by atoms with E-state index in [0.29, 0.717) is 17.0 Å². The molecule has 0 aromatic carbocycles. The van der Waals surface area contributed by atoms with E-state index in [4.69, 9.17) is 17.3 Å². The topological polar surface area (TPSA) is 55.0 Å². The van der Waals surface area contributed by atoms with Gasteiger partial charge < -0.3 is 10.6 Å². The van der Waals surface area contributed by atoms with E-state index in [0.717, 1.165) is 18.9 Å². The van der Waals surface area contributed by atoms with Crippen molar-refractivity contribution in [3.8, 4) is 0 Å². The minimum Gasteiger partial charge on any atom is -0.394 e. The summed E-state index contributed by atoms with van der Waals surface area (Å²) in [5.74, 6) is 1.44. The van der Waals surface area contributed by atoms with E-state index >= 15 is 0 Å². The van der Waals surface area contributed by atoms with Gasteiger partial charge >= 0.3 is 0 Å². The van der Waals surface area contributed by atoms with Crippen molar-refractivity contribution < 1.29 is 0 Å². The van der Waals surface area contributed by atoms with E-state index in [1.165, 1.54) is 6.42 Å². The molecule has 1 aromatic rings. The second-order valence-corrected chi connectivity index (χ2v) is 6.05. The summed E-state index contributed by atoms with van der Waals surface area (Å²) in [4.78, 5) is 10.3. The van der Waals surface area contributed by atoms with E-state index in [9.17, 15) is 0 Å². The molecule has 0 aliphatic carbocycles. The zero-order chi connectivity index (χ0) is 12.6. The number of nitrogens with zero attached hydrogens (tertiary/aromatic N) is 3. The summed E-state index contributed by atoms with van der Waals surface area (Å²) in [7, 11) is 0. The largest absolute Gasteiger partial charge is 0.394 e. The molecule has 2 rings (SSSR count). The fraction of sp³-hybridized carbons (Fsp3) is 0.667. The van der Waals surface area contributed by atoms with E-state index in [1.807, 2.05) is 0 Å². The third-order valence-corrected chi connectivity index (χ3v) is 3.66. The maximum absolute atomic E-state index is 5.90. The number of nitrogens with two attached hydrogens (primary N) is 1. The van der Waals surface area contributed by atoms with Crippen molar-refractivity contribution >= 4 is 23.1 Å². The van der Waals surface area contributed by atoms with Gasteiger partial charge in [-0.1, -0.05) is 20.8 Å². The highest BCUT2D eigenvalue weighted by Gasteiger charge is 2.33. The van der Waals surface area contributed by atoms with Crippen LogP contribution in [-0.2, 0) is 0 Å². The van der Waals surface area contributed by atoms with E-state index in [1.54, 1.807) is 6.20 Å². The van der Waals surface area contributed by atoms with Crippen LogP contribution in [0.2, 0.25) is 5.28 Å². The van der Waals surface area contributed by atoms with Crippen molar-refractivity contribution in [1.29, 1.82) is 0 Å². The van der Waals surface area contributed by atoms with Gasteiger partial charge in [-0.2, -0.15) is 4.98 Å². The predicted octanol–water partition coefficient (Wildman–Crippen LogP) is 2.58. The molecule has 0 amide bonds. The minimum absolute atomic E-state index is 0.258. The summed E-state index contributed by atoms with van der Waals surface area (Å²) in [5.41, 5.74) is 6.82. The second kappa shape index (κ2) is 4.33. The highest BCUT2D eigenvalue weighted by atomic mass is 35.5. The van der Waals surface area contributed by atoms with Crippen LogP contribution in [0.4, 0.5) is 11.5 Å². The lowest BCUT2D eigenvalue weighted by Crippen LogP contribution is -2.27. The fourth-order valence-electron chi connectivity index (χ4n) is 2.27. The summed E-state index contributed by atoms with van der Waals surface area (Å²) >= 11 is 5.82. The Bertz CT molecular complexity index is 413. The predicted molar refractivity (Wildman–Crippen MR) is 71.2 cm³/mol. The zero-order valence-electron chi connectivity index (χ0n) is 10.6. The molecule has 0 bridgehead atoms. The lowest BCUT2D eigenvalue weighted by molar-refractivity contribution is 0.263. The molecule has 1 aromatic heterocycles. The molecule has 17 heavy (non-hydrogen) atoms.